The molecule has 0 unspecified atom stereocenters. The van der Waals surface area contributed by atoms with Gasteiger partial charge in [-0.1, -0.05) is 40.9 Å². The molecule has 3 rings (SSSR count). The van der Waals surface area contributed by atoms with Crippen LogP contribution in [0.3, 0.4) is 0 Å². The van der Waals surface area contributed by atoms with Crippen molar-refractivity contribution >= 4 is 40.7 Å². The van der Waals surface area contributed by atoms with Crippen molar-refractivity contribution in [2.24, 2.45) is 0 Å². The molecule has 0 aliphatic rings. The SMILES string of the molecule is N#Cc1ccc(C(=O)N[C@@H](c2ccc(F)c(Cl)c2)c2ccc(Cl)cn2)cc1Cl. The van der Waals surface area contributed by atoms with Crippen LogP contribution in [0.25, 0.3) is 0 Å². The van der Waals surface area contributed by atoms with Crippen molar-refractivity contribution in [2.45, 2.75) is 6.04 Å². The average molecular weight is 435 g/mol. The Hall–Kier alpha value is -2.65. The molecular weight excluding hydrogens is 424 g/mol. The standard InChI is InChI=1S/C20H11Cl3FN3O/c21-14-4-6-18(26-10-14)19(11-3-5-17(24)16(23)7-11)27-20(28)12-1-2-13(9-25)15(22)8-12/h1-8,10,19H,(H,27,28)/t19-/m0/s1. The van der Waals surface area contributed by atoms with Crippen molar-refractivity contribution in [3.8, 4) is 6.07 Å². The topological polar surface area (TPSA) is 65.8 Å². The first-order chi connectivity index (χ1) is 13.4. The van der Waals surface area contributed by atoms with Gasteiger partial charge < -0.3 is 5.32 Å². The van der Waals surface area contributed by atoms with Crippen molar-refractivity contribution in [3.63, 3.8) is 0 Å². The molecule has 1 N–H and O–H groups in total. The number of pyridine rings is 1. The van der Waals surface area contributed by atoms with Gasteiger partial charge in [-0.05, 0) is 48.0 Å². The van der Waals surface area contributed by atoms with Gasteiger partial charge in [0.15, 0.2) is 0 Å². The Morgan fingerprint density at radius 1 is 1.07 bits per heavy atom. The van der Waals surface area contributed by atoms with Gasteiger partial charge in [-0.2, -0.15) is 5.26 Å². The van der Waals surface area contributed by atoms with E-state index in [1.165, 1.54) is 42.6 Å². The van der Waals surface area contributed by atoms with Gasteiger partial charge in [0.05, 0.1) is 32.4 Å². The van der Waals surface area contributed by atoms with E-state index in [-0.39, 0.29) is 21.2 Å². The van der Waals surface area contributed by atoms with Crippen LogP contribution < -0.4 is 5.32 Å². The van der Waals surface area contributed by atoms with E-state index in [2.05, 4.69) is 10.3 Å². The first-order valence-corrected chi connectivity index (χ1v) is 9.09. The summed E-state index contributed by atoms with van der Waals surface area (Å²) in [6.45, 7) is 0. The molecule has 0 fully saturated rings. The van der Waals surface area contributed by atoms with Crippen LogP contribution in [0.4, 0.5) is 4.39 Å². The number of nitriles is 1. The van der Waals surface area contributed by atoms with Crippen LogP contribution in [0, 0.1) is 17.1 Å². The number of benzene rings is 2. The van der Waals surface area contributed by atoms with Crippen molar-refractivity contribution in [3.05, 3.63) is 98.0 Å². The molecular formula is C20H11Cl3FN3O. The zero-order chi connectivity index (χ0) is 20.3. The molecule has 0 spiro atoms. The normalized spacial score (nSPS) is 11.5. The number of halogens is 4. The molecule has 1 aromatic heterocycles. The minimum absolute atomic E-state index is 0.0767. The van der Waals surface area contributed by atoms with Gasteiger partial charge in [0.25, 0.3) is 5.91 Å². The molecule has 2 aromatic carbocycles. The van der Waals surface area contributed by atoms with Crippen LogP contribution in [0.15, 0.2) is 54.7 Å². The summed E-state index contributed by atoms with van der Waals surface area (Å²) in [6, 6.07) is 13.0. The number of nitrogens with zero attached hydrogens (tertiary/aromatic N) is 2. The Morgan fingerprint density at radius 3 is 2.46 bits per heavy atom. The number of carbonyl (C=O) groups excluding carboxylic acids is 1. The number of aromatic nitrogens is 1. The van der Waals surface area contributed by atoms with E-state index in [4.69, 9.17) is 40.1 Å². The molecule has 0 aliphatic heterocycles. The minimum atomic E-state index is -0.711. The van der Waals surface area contributed by atoms with Crippen molar-refractivity contribution < 1.29 is 9.18 Å². The summed E-state index contributed by atoms with van der Waals surface area (Å²) in [5.41, 5.74) is 1.55. The maximum absolute atomic E-state index is 13.6. The van der Waals surface area contributed by atoms with Gasteiger partial charge in [0.1, 0.15) is 11.9 Å². The van der Waals surface area contributed by atoms with E-state index in [0.29, 0.717) is 16.3 Å². The summed E-state index contributed by atoms with van der Waals surface area (Å²) >= 11 is 17.8. The summed E-state index contributed by atoms with van der Waals surface area (Å²) in [4.78, 5) is 17.0. The molecule has 8 heteroatoms. The Kier molecular flexibility index (Phi) is 6.15. The van der Waals surface area contributed by atoms with E-state index in [0.717, 1.165) is 0 Å². The second-order valence-corrected chi connectivity index (χ2v) is 7.04. The van der Waals surface area contributed by atoms with Gasteiger partial charge in [-0.15, -0.1) is 0 Å². The predicted molar refractivity (Wildman–Crippen MR) is 106 cm³/mol. The van der Waals surface area contributed by atoms with Crippen LogP contribution in [0.1, 0.15) is 33.2 Å². The lowest BCUT2D eigenvalue weighted by molar-refractivity contribution is 0.0942. The molecule has 3 aromatic rings. The zero-order valence-corrected chi connectivity index (χ0v) is 16.4. The van der Waals surface area contributed by atoms with Crippen LogP contribution >= 0.6 is 34.8 Å². The van der Waals surface area contributed by atoms with E-state index in [1.807, 2.05) is 6.07 Å². The van der Waals surface area contributed by atoms with Crippen LogP contribution in [-0.4, -0.2) is 10.9 Å². The molecule has 0 aliphatic carbocycles. The Labute approximate surface area is 175 Å². The number of carbonyl (C=O) groups is 1. The molecule has 0 bridgehead atoms. The van der Waals surface area contributed by atoms with Gasteiger partial charge in [0.2, 0.25) is 0 Å². The van der Waals surface area contributed by atoms with E-state index in [9.17, 15) is 9.18 Å². The largest absolute Gasteiger partial charge is 0.340 e. The first-order valence-electron chi connectivity index (χ1n) is 7.96. The lowest BCUT2D eigenvalue weighted by Gasteiger charge is -2.19. The Balaban J connectivity index is 1.98. The van der Waals surface area contributed by atoms with Gasteiger partial charge >= 0.3 is 0 Å². The highest BCUT2D eigenvalue weighted by Gasteiger charge is 2.21. The molecule has 1 amide bonds. The average Bonchev–Trinajstić information content (AvgIpc) is 2.69. The van der Waals surface area contributed by atoms with E-state index >= 15 is 0 Å². The zero-order valence-electron chi connectivity index (χ0n) is 14.1. The molecule has 0 radical (unpaired) electrons. The summed E-state index contributed by atoms with van der Waals surface area (Å²) < 4.78 is 13.6. The highest BCUT2D eigenvalue weighted by molar-refractivity contribution is 6.32. The molecule has 4 nitrogen and oxygen atoms in total. The van der Waals surface area contributed by atoms with E-state index < -0.39 is 17.8 Å². The van der Waals surface area contributed by atoms with Gasteiger partial charge in [-0.3, -0.25) is 9.78 Å². The van der Waals surface area contributed by atoms with Gasteiger partial charge in [-0.25, -0.2) is 4.39 Å². The summed E-state index contributed by atoms with van der Waals surface area (Å²) in [6.07, 6.45) is 1.44. The highest BCUT2D eigenvalue weighted by Crippen LogP contribution is 2.26. The second kappa shape index (κ2) is 8.57. The highest BCUT2D eigenvalue weighted by atomic mass is 35.5. The number of hydrogen-bond donors (Lipinski definition) is 1. The Bertz CT molecular complexity index is 1080. The molecule has 28 heavy (non-hydrogen) atoms. The Morgan fingerprint density at radius 2 is 1.86 bits per heavy atom. The quantitative estimate of drug-likeness (QED) is 0.583. The van der Waals surface area contributed by atoms with Crippen LogP contribution in [0.2, 0.25) is 15.1 Å². The van der Waals surface area contributed by atoms with Crippen molar-refractivity contribution in [1.82, 2.24) is 10.3 Å². The fraction of sp³-hybridized carbons (Fsp3) is 0.0500. The van der Waals surface area contributed by atoms with Crippen molar-refractivity contribution in [1.29, 1.82) is 5.26 Å². The summed E-state index contributed by atoms with van der Waals surface area (Å²) in [7, 11) is 0. The fourth-order valence-corrected chi connectivity index (χ4v) is 3.06. The second-order valence-electron chi connectivity index (χ2n) is 5.79. The lowest BCUT2D eigenvalue weighted by Crippen LogP contribution is -2.30. The minimum Gasteiger partial charge on any atom is -0.340 e. The third-order valence-corrected chi connectivity index (χ3v) is 4.78. The third-order valence-electron chi connectivity index (χ3n) is 3.95. The fourth-order valence-electron chi connectivity index (χ4n) is 2.54. The molecule has 1 heterocycles. The molecule has 140 valence electrons. The monoisotopic (exact) mass is 433 g/mol. The maximum Gasteiger partial charge on any atom is 0.252 e. The van der Waals surface area contributed by atoms with Gasteiger partial charge in [0, 0.05) is 11.8 Å². The summed E-state index contributed by atoms with van der Waals surface area (Å²) in [5.74, 6) is -1.02. The third kappa shape index (κ3) is 4.42. The molecule has 0 saturated carbocycles. The molecule has 0 saturated heterocycles. The molecule has 1 atom stereocenters. The first kappa shape index (κ1) is 20.1. The number of amides is 1. The number of rotatable bonds is 4. The van der Waals surface area contributed by atoms with Crippen LogP contribution in [-0.2, 0) is 0 Å². The maximum atomic E-state index is 13.6. The van der Waals surface area contributed by atoms with E-state index in [1.54, 1.807) is 12.1 Å². The number of nitrogens with one attached hydrogen (secondary N) is 1. The smallest absolute Gasteiger partial charge is 0.252 e. The lowest BCUT2D eigenvalue weighted by atomic mass is 10.0. The van der Waals surface area contributed by atoms with Crippen molar-refractivity contribution in [2.75, 3.05) is 0 Å². The summed E-state index contributed by atoms with van der Waals surface area (Å²) in [5, 5.41) is 12.3. The number of hydrogen-bond acceptors (Lipinski definition) is 3. The van der Waals surface area contributed by atoms with Crippen LogP contribution in [0.5, 0.6) is 0 Å². The predicted octanol–water partition coefficient (Wildman–Crippen LogP) is 5.57.